The first-order valence-corrected chi connectivity index (χ1v) is 11.2. The Kier molecular flexibility index (Phi) is 7.70. The first-order chi connectivity index (χ1) is 16.0. The molecule has 0 bridgehead atoms. The molecule has 2 aromatic rings. The third-order valence-electron chi connectivity index (χ3n) is 6.94. The number of hydrogen-bond donors (Lipinski definition) is 2. The third-order valence-corrected chi connectivity index (χ3v) is 6.94. The van der Waals surface area contributed by atoms with Gasteiger partial charge in [-0.3, -0.25) is 9.69 Å². The Balaban J connectivity index is 0.000000406. The highest BCUT2D eigenvalue weighted by atomic mass is 19.4. The Bertz CT molecular complexity index is 1010. The zero-order valence-corrected chi connectivity index (χ0v) is 19.5. The average molecular weight is 482 g/mol. The van der Waals surface area contributed by atoms with E-state index >= 15 is 0 Å². The Morgan fingerprint density at radius 2 is 1.85 bits per heavy atom. The van der Waals surface area contributed by atoms with E-state index in [4.69, 9.17) is 14.4 Å². The smallest absolute Gasteiger partial charge is 0.475 e. The van der Waals surface area contributed by atoms with Crippen molar-refractivity contribution in [3.63, 3.8) is 0 Å². The number of nitrogens with one attached hydrogen (secondary N) is 1. The van der Waals surface area contributed by atoms with Gasteiger partial charge in [0.2, 0.25) is 5.91 Å². The van der Waals surface area contributed by atoms with E-state index in [9.17, 15) is 18.0 Å². The van der Waals surface area contributed by atoms with Crippen LogP contribution in [0.3, 0.4) is 0 Å². The highest BCUT2D eigenvalue weighted by Crippen LogP contribution is 2.52. The number of amides is 1. The first kappa shape index (κ1) is 25.7. The van der Waals surface area contributed by atoms with Crippen LogP contribution in [0.2, 0.25) is 0 Å². The molecule has 0 radical (unpaired) electrons. The van der Waals surface area contributed by atoms with Crippen LogP contribution in [0.15, 0.2) is 28.8 Å². The molecule has 186 valence electrons. The second-order valence-corrected chi connectivity index (χ2v) is 9.03. The molecule has 2 heterocycles. The zero-order valence-electron chi connectivity index (χ0n) is 19.5. The quantitative estimate of drug-likeness (QED) is 0.683. The Hall–Kier alpha value is -2.88. The molecule has 1 saturated heterocycles. The number of aliphatic carboxylic acids is 1. The van der Waals surface area contributed by atoms with E-state index in [1.54, 1.807) is 7.05 Å². The van der Waals surface area contributed by atoms with Gasteiger partial charge in [-0.1, -0.05) is 29.4 Å². The van der Waals surface area contributed by atoms with Gasteiger partial charge in [0, 0.05) is 25.6 Å². The van der Waals surface area contributed by atoms with E-state index < -0.39 is 12.1 Å². The summed E-state index contributed by atoms with van der Waals surface area (Å²) in [7, 11) is 1.73. The van der Waals surface area contributed by atoms with E-state index in [0.717, 1.165) is 50.4 Å². The predicted octanol–water partition coefficient (Wildman–Crippen LogP) is 4.08. The molecule has 2 N–H and O–H groups in total. The molecule has 1 aromatic heterocycles. The van der Waals surface area contributed by atoms with Gasteiger partial charge in [-0.05, 0) is 68.7 Å². The molecule has 1 unspecified atom stereocenters. The lowest BCUT2D eigenvalue weighted by Gasteiger charge is -2.40. The number of rotatable bonds is 4. The number of aryl methyl sites for hydroxylation is 2. The monoisotopic (exact) mass is 481 g/mol. The summed E-state index contributed by atoms with van der Waals surface area (Å²) in [5, 5.41) is 14.0. The Morgan fingerprint density at radius 1 is 1.24 bits per heavy atom. The standard InChI is InChI=1S/C22H29N3O2.C2HF3O2/c1-15-19(16(2)27-24-15)14-25-10-8-22(9-11-25)13-17(12-21(26)23-3)18-6-4-5-7-20(18)22;3-2(4,5)1(6)7/h4-7,17H,8-14H2,1-3H3,(H,23,26);(H,6,7). The summed E-state index contributed by atoms with van der Waals surface area (Å²) in [6.07, 6.45) is -1.09. The topological polar surface area (TPSA) is 95.7 Å². The van der Waals surface area contributed by atoms with E-state index in [1.807, 2.05) is 13.8 Å². The summed E-state index contributed by atoms with van der Waals surface area (Å²) in [5.74, 6) is -1.34. The van der Waals surface area contributed by atoms with Gasteiger partial charge in [-0.25, -0.2) is 4.79 Å². The minimum atomic E-state index is -5.08. The Labute approximate surface area is 196 Å². The highest BCUT2D eigenvalue weighted by Gasteiger charge is 2.45. The average Bonchev–Trinajstić information content (AvgIpc) is 3.27. The molecule has 1 aliphatic carbocycles. The van der Waals surface area contributed by atoms with Gasteiger partial charge < -0.3 is 14.9 Å². The molecule has 1 fully saturated rings. The maximum Gasteiger partial charge on any atom is 0.490 e. The summed E-state index contributed by atoms with van der Waals surface area (Å²) in [6, 6.07) is 8.79. The van der Waals surface area contributed by atoms with Crippen LogP contribution in [-0.4, -0.2) is 53.4 Å². The molecule has 1 atom stereocenters. The van der Waals surface area contributed by atoms with Gasteiger partial charge in [0.05, 0.1) is 5.69 Å². The molecule has 1 amide bonds. The molecule has 7 nitrogen and oxygen atoms in total. The van der Waals surface area contributed by atoms with Crippen LogP contribution in [0.1, 0.15) is 59.7 Å². The number of hydrogen-bond acceptors (Lipinski definition) is 5. The number of carboxylic acids is 1. The van der Waals surface area contributed by atoms with Crippen molar-refractivity contribution in [2.75, 3.05) is 20.1 Å². The molecule has 10 heteroatoms. The molecule has 4 rings (SSSR count). The molecule has 1 aromatic carbocycles. The number of benzene rings is 1. The first-order valence-electron chi connectivity index (χ1n) is 11.2. The van der Waals surface area contributed by atoms with Crippen molar-refractivity contribution in [1.82, 2.24) is 15.4 Å². The number of piperidine rings is 1. The van der Waals surface area contributed by atoms with Crippen molar-refractivity contribution in [2.24, 2.45) is 0 Å². The van der Waals surface area contributed by atoms with Crippen molar-refractivity contribution < 1.29 is 32.4 Å². The van der Waals surface area contributed by atoms with Gasteiger partial charge in [-0.15, -0.1) is 0 Å². The molecule has 1 spiro atoms. The Morgan fingerprint density at radius 3 is 2.38 bits per heavy atom. The van der Waals surface area contributed by atoms with Gasteiger partial charge in [-0.2, -0.15) is 13.2 Å². The minimum Gasteiger partial charge on any atom is -0.475 e. The molecule has 2 aliphatic rings. The summed E-state index contributed by atoms with van der Waals surface area (Å²) < 4.78 is 37.1. The number of fused-ring (bicyclic) bond motifs is 2. The van der Waals surface area contributed by atoms with Gasteiger partial charge in [0.15, 0.2) is 0 Å². The minimum absolute atomic E-state index is 0.141. The van der Waals surface area contributed by atoms with Crippen molar-refractivity contribution in [1.29, 1.82) is 0 Å². The second-order valence-electron chi connectivity index (χ2n) is 9.03. The molecular weight excluding hydrogens is 451 g/mol. The number of carbonyl (C=O) groups excluding carboxylic acids is 1. The number of halogens is 3. The van der Waals surface area contributed by atoms with Crippen molar-refractivity contribution in [3.05, 3.63) is 52.4 Å². The maximum absolute atomic E-state index is 12.0. The summed E-state index contributed by atoms with van der Waals surface area (Å²) in [6.45, 7) is 7.09. The van der Waals surface area contributed by atoms with Crippen LogP contribution in [0.25, 0.3) is 0 Å². The van der Waals surface area contributed by atoms with Crippen LogP contribution in [0.4, 0.5) is 13.2 Å². The third kappa shape index (κ3) is 5.60. The van der Waals surface area contributed by atoms with Crippen LogP contribution < -0.4 is 5.32 Å². The van der Waals surface area contributed by atoms with Crippen LogP contribution in [-0.2, 0) is 21.5 Å². The summed E-state index contributed by atoms with van der Waals surface area (Å²) in [5.41, 5.74) is 5.33. The molecule has 34 heavy (non-hydrogen) atoms. The van der Waals surface area contributed by atoms with Crippen LogP contribution in [0.5, 0.6) is 0 Å². The summed E-state index contributed by atoms with van der Waals surface area (Å²) in [4.78, 5) is 23.4. The number of nitrogens with zero attached hydrogens (tertiary/aromatic N) is 2. The summed E-state index contributed by atoms with van der Waals surface area (Å²) >= 11 is 0. The number of likely N-dealkylation sites (tertiary alicyclic amines) is 1. The van der Waals surface area contributed by atoms with Gasteiger partial charge in [0.1, 0.15) is 5.76 Å². The normalized spacial score (nSPS) is 19.3. The zero-order chi connectivity index (χ0) is 25.1. The maximum atomic E-state index is 12.0. The van der Waals surface area contributed by atoms with Crippen molar-refractivity contribution >= 4 is 11.9 Å². The highest BCUT2D eigenvalue weighted by molar-refractivity contribution is 5.77. The lowest BCUT2D eigenvalue weighted by molar-refractivity contribution is -0.192. The lowest BCUT2D eigenvalue weighted by Crippen LogP contribution is -2.41. The fourth-order valence-electron chi connectivity index (χ4n) is 5.10. The number of aromatic nitrogens is 1. The largest absolute Gasteiger partial charge is 0.490 e. The molecule has 1 aliphatic heterocycles. The lowest BCUT2D eigenvalue weighted by atomic mass is 9.73. The van der Waals surface area contributed by atoms with E-state index in [1.165, 1.54) is 16.7 Å². The number of carbonyl (C=O) groups is 2. The molecular formula is C24H30F3N3O4. The predicted molar refractivity (Wildman–Crippen MR) is 118 cm³/mol. The van der Waals surface area contributed by atoms with Gasteiger partial charge >= 0.3 is 12.1 Å². The van der Waals surface area contributed by atoms with Crippen molar-refractivity contribution in [3.8, 4) is 0 Å². The van der Waals surface area contributed by atoms with E-state index in [0.29, 0.717) is 12.3 Å². The second kappa shape index (κ2) is 10.2. The van der Waals surface area contributed by atoms with E-state index in [-0.39, 0.29) is 11.3 Å². The number of alkyl halides is 3. The fourth-order valence-corrected chi connectivity index (χ4v) is 5.10. The molecule has 0 saturated carbocycles. The van der Waals surface area contributed by atoms with Crippen LogP contribution in [0, 0.1) is 13.8 Å². The van der Waals surface area contributed by atoms with Gasteiger partial charge in [0.25, 0.3) is 0 Å². The van der Waals surface area contributed by atoms with E-state index in [2.05, 4.69) is 39.6 Å². The van der Waals surface area contributed by atoms with Crippen LogP contribution >= 0.6 is 0 Å². The fraction of sp³-hybridized carbons (Fsp3) is 0.542. The SMILES string of the molecule is CNC(=O)CC1CC2(CCN(Cc3c(C)noc3C)CC2)c2ccccc21.O=C(O)C(F)(F)F. The number of carboxylic acid groups (broad SMARTS) is 1. The van der Waals surface area contributed by atoms with Crippen molar-refractivity contribution in [2.45, 2.75) is 63.6 Å².